The van der Waals surface area contributed by atoms with Crippen LogP contribution in [-0.4, -0.2) is 67.4 Å². The van der Waals surface area contributed by atoms with Crippen molar-refractivity contribution in [2.45, 2.75) is 6.92 Å². The van der Waals surface area contributed by atoms with Crippen LogP contribution in [0.4, 0.5) is 17.3 Å². The van der Waals surface area contributed by atoms with Crippen LogP contribution in [0.1, 0.15) is 5.56 Å². The van der Waals surface area contributed by atoms with E-state index in [-0.39, 0.29) is 0 Å². The van der Waals surface area contributed by atoms with E-state index < -0.39 is 0 Å². The molecule has 2 fully saturated rings. The maximum absolute atomic E-state index is 5.43. The molecule has 132 valence electrons. The van der Waals surface area contributed by atoms with Crippen LogP contribution in [0.3, 0.4) is 0 Å². The topological polar surface area (TPSA) is 57.6 Å². The van der Waals surface area contributed by atoms with Gasteiger partial charge in [-0.15, -0.1) is 0 Å². The van der Waals surface area contributed by atoms with E-state index in [9.17, 15) is 0 Å². The zero-order valence-electron chi connectivity index (χ0n) is 14.6. The second-order valence-corrected chi connectivity index (χ2v) is 6.47. The Hall–Kier alpha value is -2.41. The van der Waals surface area contributed by atoms with E-state index in [2.05, 4.69) is 48.7 Å². The zero-order valence-corrected chi connectivity index (χ0v) is 14.6. The van der Waals surface area contributed by atoms with Gasteiger partial charge in [0.15, 0.2) is 0 Å². The Kier molecular flexibility index (Phi) is 4.65. The monoisotopic (exact) mass is 340 g/mol. The molecule has 2 saturated heterocycles. The number of piperazine rings is 1. The molecule has 0 saturated carbocycles. The number of anilines is 3. The molecule has 0 amide bonds. The van der Waals surface area contributed by atoms with Gasteiger partial charge in [0.1, 0.15) is 18.0 Å². The molecule has 0 aromatic carbocycles. The summed E-state index contributed by atoms with van der Waals surface area (Å²) in [4.78, 5) is 20.2. The molecular formula is C18H24N6O. The van der Waals surface area contributed by atoms with Gasteiger partial charge in [-0.2, -0.15) is 0 Å². The Morgan fingerprint density at radius 1 is 0.880 bits per heavy atom. The number of hydrogen-bond donors (Lipinski definition) is 0. The molecule has 0 N–H and O–H groups in total. The van der Waals surface area contributed by atoms with Crippen molar-refractivity contribution in [2.75, 3.05) is 67.2 Å². The molecule has 4 heterocycles. The molecule has 2 aromatic rings. The van der Waals surface area contributed by atoms with Gasteiger partial charge in [0.05, 0.1) is 13.2 Å². The molecule has 25 heavy (non-hydrogen) atoms. The van der Waals surface area contributed by atoms with E-state index in [4.69, 9.17) is 4.74 Å². The number of ether oxygens (including phenoxy) is 1. The van der Waals surface area contributed by atoms with Crippen molar-refractivity contribution in [3.8, 4) is 0 Å². The number of hydrogen-bond acceptors (Lipinski definition) is 7. The molecule has 0 atom stereocenters. The predicted octanol–water partition coefficient (Wildman–Crippen LogP) is 1.34. The first kappa shape index (κ1) is 16.1. The molecule has 0 spiro atoms. The number of nitrogens with zero attached hydrogens (tertiary/aromatic N) is 6. The average molecular weight is 340 g/mol. The minimum atomic E-state index is 0.767. The number of pyridine rings is 1. The summed E-state index contributed by atoms with van der Waals surface area (Å²) in [5.74, 6) is 2.02. The summed E-state index contributed by atoms with van der Waals surface area (Å²) < 4.78 is 5.43. The Bertz CT molecular complexity index is 710. The van der Waals surface area contributed by atoms with Gasteiger partial charge in [0.2, 0.25) is 0 Å². The lowest BCUT2D eigenvalue weighted by Gasteiger charge is -2.37. The van der Waals surface area contributed by atoms with Gasteiger partial charge in [-0.25, -0.2) is 9.97 Å². The standard InChI is InChI=1S/C18H24N6O/c1-15-13-19-3-2-16(15)22-4-6-23(7-5-22)17-12-18(21-14-20-17)24-8-10-25-11-9-24/h2-3,12-14H,4-11H2,1H3. The van der Waals surface area contributed by atoms with Gasteiger partial charge in [-0.3, -0.25) is 4.98 Å². The average Bonchev–Trinajstić information content (AvgIpc) is 2.69. The van der Waals surface area contributed by atoms with Crippen LogP contribution in [0.25, 0.3) is 0 Å². The summed E-state index contributed by atoms with van der Waals surface area (Å²) >= 11 is 0. The normalized spacial score (nSPS) is 18.5. The van der Waals surface area contributed by atoms with E-state index in [0.717, 1.165) is 64.1 Å². The molecule has 0 aliphatic carbocycles. The first-order valence-electron chi connectivity index (χ1n) is 8.86. The van der Waals surface area contributed by atoms with E-state index in [0.29, 0.717) is 0 Å². The Labute approximate surface area is 148 Å². The van der Waals surface area contributed by atoms with Gasteiger partial charge in [0, 0.05) is 63.4 Å². The molecule has 0 radical (unpaired) electrons. The highest BCUT2D eigenvalue weighted by Crippen LogP contribution is 2.23. The molecule has 2 aliphatic heterocycles. The third-order valence-corrected chi connectivity index (χ3v) is 4.91. The Morgan fingerprint density at radius 2 is 1.52 bits per heavy atom. The second-order valence-electron chi connectivity index (χ2n) is 6.47. The summed E-state index contributed by atoms with van der Waals surface area (Å²) in [6, 6.07) is 4.21. The fourth-order valence-electron chi connectivity index (χ4n) is 3.47. The second kappa shape index (κ2) is 7.23. The van der Waals surface area contributed by atoms with Crippen molar-refractivity contribution < 1.29 is 4.74 Å². The maximum Gasteiger partial charge on any atom is 0.134 e. The van der Waals surface area contributed by atoms with Gasteiger partial charge >= 0.3 is 0 Å². The largest absolute Gasteiger partial charge is 0.378 e. The molecule has 2 aromatic heterocycles. The lowest BCUT2D eigenvalue weighted by molar-refractivity contribution is 0.122. The number of aromatic nitrogens is 3. The summed E-state index contributed by atoms with van der Waals surface area (Å²) in [5.41, 5.74) is 2.51. The lowest BCUT2D eigenvalue weighted by Crippen LogP contribution is -2.47. The van der Waals surface area contributed by atoms with Crippen LogP contribution in [0.5, 0.6) is 0 Å². The number of aryl methyl sites for hydroxylation is 1. The molecule has 0 unspecified atom stereocenters. The Balaban J connectivity index is 1.43. The first-order chi connectivity index (χ1) is 12.3. The van der Waals surface area contributed by atoms with Crippen LogP contribution in [-0.2, 0) is 4.74 Å². The van der Waals surface area contributed by atoms with Crippen molar-refractivity contribution in [2.24, 2.45) is 0 Å². The fraction of sp³-hybridized carbons (Fsp3) is 0.500. The minimum Gasteiger partial charge on any atom is -0.378 e. The number of rotatable bonds is 3. The molecular weight excluding hydrogens is 316 g/mol. The van der Waals surface area contributed by atoms with Crippen LogP contribution in [0.15, 0.2) is 30.9 Å². The molecule has 4 rings (SSSR count). The number of morpholine rings is 1. The van der Waals surface area contributed by atoms with Crippen molar-refractivity contribution in [1.29, 1.82) is 0 Å². The fourth-order valence-corrected chi connectivity index (χ4v) is 3.47. The smallest absolute Gasteiger partial charge is 0.134 e. The lowest BCUT2D eigenvalue weighted by atomic mass is 10.2. The SMILES string of the molecule is Cc1cnccc1N1CCN(c2cc(N3CCOCC3)ncn2)CC1. The van der Waals surface area contributed by atoms with Crippen molar-refractivity contribution in [1.82, 2.24) is 15.0 Å². The van der Waals surface area contributed by atoms with Gasteiger partial charge < -0.3 is 19.4 Å². The third kappa shape index (κ3) is 3.51. The summed E-state index contributed by atoms with van der Waals surface area (Å²) in [7, 11) is 0. The van der Waals surface area contributed by atoms with Crippen LogP contribution in [0.2, 0.25) is 0 Å². The molecule has 7 nitrogen and oxygen atoms in total. The van der Waals surface area contributed by atoms with E-state index >= 15 is 0 Å². The van der Waals surface area contributed by atoms with Gasteiger partial charge in [-0.1, -0.05) is 0 Å². The molecule has 2 aliphatic rings. The van der Waals surface area contributed by atoms with Crippen molar-refractivity contribution >= 4 is 17.3 Å². The van der Waals surface area contributed by atoms with Gasteiger partial charge in [0.25, 0.3) is 0 Å². The van der Waals surface area contributed by atoms with Gasteiger partial charge in [-0.05, 0) is 18.6 Å². The zero-order chi connectivity index (χ0) is 17.1. The van der Waals surface area contributed by atoms with Crippen LogP contribution in [0, 0.1) is 6.92 Å². The molecule has 0 bridgehead atoms. The quantitative estimate of drug-likeness (QED) is 0.836. The first-order valence-corrected chi connectivity index (χ1v) is 8.86. The van der Waals surface area contributed by atoms with E-state index in [1.807, 2.05) is 12.4 Å². The summed E-state index contributed by atoms with van der Waals surface area (Å²) in [6.45, 7) is 9.34. The van der Waals surface area contributed by atoms with Crippen LogP contribution >= 0.6 is 0 Å². The van der Waals surface area contributed by atoms with Crippen molar-refractivity contribution in [3.05, 3.63) is 36.4 Å². The summed E-state index contributed by atoms with van der Waals surface area (Å²) in [6.07, 6.45) is 5.48. The van der Waals surface area contributed by atoms with E-state index in [1.165, 1.54) is 11.3 Å². The highest BCUT2D eigenvalue weighted by atomic mass is 16.5. The minimum absolute atomic E-state index is 0.767. The third-order valence-electron chi connectivity index (χ3n) is 4.91. The highest BCUT2D eigenvalue weighted by molar-refractivity contribution is 5.55. The van der Waals surface area contributed by atoms with Crippen molar-refractivity contribution in [3.63, 3.8) is 0 Å². The summed E-state index contributed by atoms with van der Waals surface area (Å²) in [5, 5.41) is 0. The molecule has 7 heteroatoms. The predicted molar refractivity (Wildman–Crippen MR) is 98.5 cm³/mol. The Morgan fingerprint density at radius 3 is 2.20 bits per heavy atom. The van der Waals surface area contributed by atoms with Crippen LogP contribution < -0.4 is 14.7 Å². The maximum atomic E-state index is 5.43. The van der Waals surface area contributed by atoms with E-state index in [1.54, 1.807) is 6.33 Å². The highest BCUT2D eigenvalue weighted by Gasteiger charge is 2.21.